The number of imidazole rings is 1. The Morgan fingerprint density at radius 3 is 2.04 bits per heavy atom. The van der Waals surface area contributed by atoms with Crippen molar-refractivity contribution in [2.45, 2.75) is 46.1 Å². The number of hydrogen-bond acceptors (Lipinski definition) is 0. The summed E-state index contributed by atoms with van der Waals surface area (Å²) in [5, 5.41) is 0. The summed E-state index contributed by atoms with van der Waals surface area (Å²) in [6.07, 6.45) is 7.60. The predicted octanol–water partition coefficient (Wildman–Crippen LogP) is 5.55. The van der Waals surface area contributed by atoms with Crippen molar-refractivity contribution in [3.63, 3.8) is 0 Å². The standard InChI is InChI=1S/C22H26N2.Au.ClH/c1-17(2)20-11-8-12-21(18(3)4)22(20)24-14-13-23(16-24)15-19-9-6-5-7-10-19;;/h5-13,16-18H,15H2,1-4H3;;1H/q;+1;/p-1. The van der Waals surface area contributed by atoms with Gasteiger partial charge in [-0.1, -0.05) is 87.4 Å². The van der Waals surface area contributed by atoms with Crippen LogP contribution < -0.4 is 4.57 Å². The van der Waals surface area contributed by atoms with Crippen LogP contribution in [0.1, 0.15) is 56.2 Å². The molecule has 0 fully saturated rings. The topological polar surface area (TPSA) is 8.81 Å². The van der Waals surface area contributed by atoms with E-state index in [9.17, 15) is 0 Å². The van der Waals surface area contributed by atoms with Gasteiger partial charge in [-0.05, 0) is 17.4 Å². The normalized spacial score (nSPS) is 10.8. The third kappa shape index (κ3) is 5.11. The Bertz CT molecular complexity index is 784. The number of aromatic nitrogens is 2. The van der Waals surface area contributed by atoms with Crippen molar-refractivity contribution < 1.29 is 24.6 Å². The minimum atomic E-state index is 0.483. The van der Waals surface area contributed by atoms with E-state index in [2.05, 4.69) is 107 Å². The molecule has 0 radical (unpaired) electrons. The van der Waals surface area contributed by atoms with Crippen LogP contribution in [0.4, 0.5) is 0 Å². The predicted molar refractivity (Wildman–Crippen MR) is 104 cm³/mol. The van der Waals surface area contributed by atoms with Gasteiger partial charge in [-0.3, -0.25) is 4.57 Å². The van der Waals surface area contributed by atoms with Gasteiger partial charge < -0.3 is 4.57 Å². The number of rotatable bonds is 5. The van der Waals surface area contributed by atoms with E-state index in [1.165, 1.54) is 22.4 Å². The molecule has 0 aliphatic heterocycles. The molecule has 1 heterocycles. The third-order valence-corrected chi connectivity index (χ3v) is 4.42. The molecule has 4 heteroatoms. The Hall–Kier alpha value is -1.32. The molecule has 1 aromatic heterocycles. The summed E-state index contributed by atoms with van der Waals surface area (Å²) in [7, 11) is 4.58. The van der Waals surface area contributed by atoms with Gasteiger partial charge in [0, 0.05) is 5.69 Å². The van der Waals surface area contributed by atoms with Gasteiger partial charge in [0.2, 0.25) is 0 Å². The second-order valence-corrected chi connectivity index (χ2v) is 7.00. The summed E-state index contributed by atoms with van der Waals surface area (Å²) in [6, 6.07) is 17.2. The molecule has 0 saturated heterocycles. The second-order valence-electron chi connectivity index (χ2n) is 7.00. The Balaban J connectivity index is 0.00000117. The summed E-state index contributed by atoms with van der Waals surface area (Å²) in [5.74, 6) is 0.967. The molecule has 0 amide bonds. The van der Waals surface area contributed by atoms with Gasteiger partial charge in [-0.15, -0.1) is 0 Å². The van der Waals surface area contributed by atoms with E-state index in [1.807, 2.05) is 6.20 Å². The molecule has 0 bridgehead atoms. The monoisotopic (exact) mass is 550 g/mol. The summed E-state index contributed by atoms with van der Waals surface area (Å²) >= 11 is 1.75. The van der Waals surface area contributed by atoms with Gasteiger partial charge in [-0.2, -0.15) is 0 Å². The summed E-state index contributed by atoms with van der Waals surface area (Å²) < 4.78 is 4.35. The van der Waals surface area contributed by atoms with Crippen LogP contribution in [0, 0.1) is 6.20 Å². The van der Waals surface area contributed by atoms with E-state index in [4.69, 9.17) is 0 Å². The van der Waals surface area contributed by atoms with Gasteiger partial charge in [0.05, 0.1) is 12.4 Å². The van der Waals surface area contributed by atoms with Crippen LogP contribution >= 0.6 is 9.19 Å². The SMILES string of the molecule is CC(C)c1cccc(C(C)C)c1-[n+]1[c-]cn(Cc2ccccc2)c1.[Cl][Au]. The molecular weight excluding hydrogens is 525 g/mol. The Kier molecular flexibility index (Phi) is 8.17. The van der Waals surface area contributed by atoms with Crippen molar-refractivity contribution in [1.29, 1.82) is 0 Å². The molecule has 2 nitrogen and oxygen atoms in total. The Labute approximate surface area is 173 Å². The first-order chi connectivity index (χ1) is 12.6. The second kappa shape index (κ2) is 10.1. The first-order valence-corrected chi connectivity index (χ1v) is 11.5. The van der Waals surface area contributed by atoms with Gasteiger partial charge in [0.15, 0.2) is 0 Å². The van der Waals surface area contributed by atoms with Gasteiger partial charge in [-0.25, -0.2) is 0 Å². The average molecular weight is 551 g/mol. The van der Waals surface area contributed by atoms with Crippen LogP contribution in [0.5, 0.6) is 0 Å². The van der Waals surface area contributed by atoms with Gasteiger partial charge >= 0.3 is 29.2 Å². The molecule has 3 rings (SSSR count). The summed E-state index contributed by atoms with van der Waals surface area (Å²) in [5.41, 5.74) is 5.34. The molecule has 2 aromatic carbocycles. The first-order valence-electron chi connectivity index (χ1n) is 8.84. The zero-order valence-electron chi connectivity index (χ0n) is 15.7. The molecular formula is C22H26AuClN2. The van der Waals surface area contributed by atoms with Gasteiger partial charge in [0.1, 0.15) is 12.9 Å². The van der Waals surface area contributed by atoms with Crippen LogP contribution in [0.15, 0.2) is 61.1 Å². The molecule has 0 atom stereocenters. The van der Waals surface area contributed by atoms with E-state index in [-0.39, 0.29) is 0 Å². The molecule has 0 unspecified atom stereocenters. The zero-order valence-corrected chi connectivity index (χ0v) is 18.6. The molecule has 0 spiro atoms. The number of halogens is 1. The van der Waals surface area contributed by atoms with Crippen molar-refractivity contribution in [2.75, 3.05) is 0 Å². The number of nitrogens with zero attached hydrogens (tertiary/aromatic N) is 2. The fraction of sp³-hybridized carbons (Fsp3) is 0.318. The maximum atomic E-state index is 4.58. The molecule has 0 N–H and O–H groups in total. The van der Waals surface area contributed by atoms with E-state index in [0.717, 1.165) is 6.54 Å². The van der Waals surface area contributed by atoms with Crippen LogP contribution in [0.2, 0.25) is 0 Å². The number of para-hydroxylation sites is 1. The summed E-state index contributed by atoms with van der Waals surface area (Å²) in [4.78, 5) is 0. The van der Waals surface area contributed by atoms with Crippen LogP contribution in [-0.4, -0.2) is 4.57 Å². The molecule has 0 aliphatic carbocycles. The molecule has 0 saturated carbocycles. The molecule has 142 valence electrons. The third-order valence-electron chi connectivity index (χ3n) is 4.42. The molecule has 26 heavy (non-hydrogen) atoms. The van der Waals surface area contributed by atoms with E-state index >= 15 is 0 Å². The number of benzene rings is 2. The first kappa shape index (κ1) is 21.0. The molecule has 3 aromatic rings. The Morgan fingerprint density at radius 1 is 0.923 bits per heavy atom. The number of hydrogen-bond donors (Lipinski definition) is 0. The van der Waals surface area contributed by atoms with Crippen LogP contribution in [0.25, 0.3) is 5.69 Å². The van der Waals surface area contributed by atoms with E-state index in [0.29, 0.717) is 11.8 Å². The van der Waals surface area contributed by atoms with Crippen molar-refractivity contribution in [1.82, 2.24) is 4.57 Å². The van der Waals surface area contributed by atoms with Crippen molar-refractivity contribution >= 4 is 9.19 Å². The maximum absolute atomic E-state index is 4.58. The quantitative estimate of drug-likeness (QED) is 0.224. The zero-order chi connectivity index (χ0) is 19.1. The fourth-order valence-electron chi connectivity index (χ4n) is 3.14. The van der Waals surface area contributed by atoms with Crippen LogP contribution in [-0.2, 0) is 26.5 Å². The Morgan fingerprint density at radius 2 is 1.50 bits per heavy atom. The van der Waals surface area contributed by atoms with E-state index in [1.54, 1.807) is 20.0 Å². The van der Waals surface area contributed by atoms with Crippen molar-refractivity contribution in [3.05, 3.63) is 83.9 Å². The van der Waals surface area contributed by atoms with Gasteiger partial charge in [0.25, 0.3) is 0 Å². The summed E-state index contributed by atoms with van der Waals surface area (Å²) in [6.45, 7) is 9.88. The van der Waals surface area contributed by atoms with Crippen molar-refractivity contribution in [3.8, 4) is 5.69 Å². The average Bonchev–Trinajstić information content (AvgIpc) is 3.11. The molecule has 0 aliphatic rings. The van der Waals surface area contributed by atoms with Crippen LogP contribution in [0.3, 0.4) is 0 Å². The minimum absolute atomic E-state index is 0.483. The fourth-order valence-corrected chi connectivity index (χ4v) is 3.14. The van der Waals surface area contributed by atoms with E-state index < -0.39 is 0 Å². The van der Waals surface area contributed by atoms with Crippen molar-refractivity contribution in [2.24, 2.45) is 0 Å².